The average Bonchev–Trinajstić information content (AvgIpc) is 2.03. The molecule has 0 spiro atoms. The predicted octanol–water partition coefficient (Wildman–Crippen LogP) is 3.82. The van der Waals surface area contributed by atoms with Crippen LogP contribution in [0.2, 0.25) is 0 Å². The fourth-order valence-electron chi connectivity index (χ4n) is 2.00. The molecule has 0 aromatic heterocycles. The summed E-state index contributed by atoms with van der Waals surface area (Å²) in [4.78, 5) is 0. The summed E-state index contributed by atoms with van der Waals surface area (Å²) in [6.07, 6.45) is 10.2. The highest BCUT2D eigenvalue weighted by Gasteiger charge is 2.12. The molecule has 0 heterocycles. The van der Waals surface area contributed by atoms with Gasteiger partial charge in [-0.3, -0.25) is 0 Å². The van der Waals surface area contributed by atoms with Gasteiger partial charge in [-0.1, -0.05) is 58.8 Å². The van der Waals surface area contributed by atoms with Crippen LogP contribution in [-0.2, 0) is 0 Å². The Morgan fingerprint density at radius 3 is 2.45 bits per heavy atom. The standard InChI is InChI=1S/C11H21/c1-10(2)8-9-11-6-4-3-5-7-11/h10-11H,1,3-9H2,2H3. The van der Waals surface area contributed by atoms with E-state index in [0.29, 0.717) is 5.92 Å². The third kappa shape index (κ3) is 3.79. The van der Waals surface area contributed by atoms with E-state index < -0.39 is 0 Å². The Hall–Kier alpha value is 0. The van der Waals surface area contributed by atoms with Crippen LogP contribution in [-0.4, -0.2) is 0 Å². The lowest BCUT2D eigenvalue weighted by Gasteiger charge is -2.21. The summed E-state index contributed by atoms with van der Waals surface area (Å²) in [5, 5.41) is 0. The highest BCUT2D eigenvalue weighted by atomic mass is 14.2. The molecule has 11 heavy (non-hydrogen) atoms. The average molecular weight is 153 g/mol. The van der Waals surface area contributed by atoms with E-state index in [-0.39, 0.29) is 0 Å². The molecule has 65 valence electrons. The van der Waals surface area contributed by atoms with Gasteiger partial charge in [0.2, 0.25) is 0 Å². The minimum Gasteiger partial charge on any atom is -0.0625 e. The molecule has 1 fully saturated rings. The fraction of sp³-hybridized carbons (Fsp3) is 0.909. The maximum absolute atomic E-state index is 4.02. The van der Waals surface area contributed by atoms with Crippen molar-refractivity contribution in [3.63, 3.8) is 0 Å². The van der Waals surface area contributed by atoms with E-state index in [1.807, 2.05) is 0 Å². The van der Waals surface area contributed by atoms with Gasteiger partial charge in [0.1, 0.15) is 0 Å². The summed E-state index contributed by atoms with van der Waals surface area (Å²) in [7, 11) is 0. The van der Waals surface area contributed by atoms with Crippen molar-refractivity contribution in [2.75, 3.05) is 0 Å². The molecule has 1 aliphatic rings. The molecular weight excluding hydrogens is 132 g/mol. The van der Waals surface area contributed by atoms with E-state index in [0.717, 1.165) is 5.92 Å². The molecule has 1 unspecified atom stereocenters. The lowest BCUT2D eigenvalue weighted by atomic mass is 9.85. The van der Waals surface area contributed by atoms with E-state index in [2.05, 4.69) is 13.8 Å². The van der Waals surface area contributed by atoms with Crippen LogP contribution in [0.1, 0.15) is 51.9 Å². The van der Waals surface area contributed by atoms with Crippen LogP contribution in [0.4, 0.5) is 0 Å². The Balaban J connectivity index is 2.05. The minimum atomic E-state index is 0.664. The third-order valence-electron chi connectivity index (χ3n) is 2.79. The van der Waals surface area contributed by atoms with Gasteiger partial charge >= 0.3 is 0 Å². The smallest absolute Gasteiger partial charge is 0.0414 e. The van der Waals surface area contributed by atoms with E-state index in [1.165, 1.54) is 44.9 Å². The first-order chi connectivity index (χ1) is 5.29. The molecule has 1 aliphatic carbocycles. The summed E-state index contributed by atoms with van der Waals surface area (Å²) in [6.45, 7) is 6.25. The van der Waals surface area contributed by atoms with Gasteiger partial charge < -0.3 is 0 Å². The summed E-state index contributed by atoms with van der Waals surface area (Å²) in [5.41, 5.74) is 0. The van der Waals surface area contributed by atoms with Gasteiger partial charge in [0, 0.05) is 0 Å². The van der Waals surface area contributed by atoms with Gasteiger partial charge in [0.25, 0.3) is 0 Å². The topological polar surface area (TPSA) is 0 Å². The maximum atomic E-state index is 4.02. The zero-order valence-corrected chi connectivity index (χ0v) is 7.81. The first-order valence-electron chi connectivity index (χ1n) is 5.12. The zero-order chi connectivity index (χ0) is 8.10. The lowest BCUT2D eigenvalue weighted by molar-refractivity contribution is 0.322. The van der Waals surface area contributed by atoms with Crippen LogP contribution >= 0.6 is 0 Å². The van der Waals surface area contributed by atoms with Crippen molar-refractivity contribution >= 4 is 0 Å². The second-order valence-corrected chi connectivity index (χ2v) is 4.19. The second-order valence-electron chi connectivity index (χ2n) is 4.19. The third-order valence-corrected chi connectivity index (χ3v) is 2.79. The molecule has 0 saturated heterocycles. The Labute approximate surface area is 71.4 Å². The van der Waals surface area contributed by atoms with Crippen molar-refractivity contribution in [3.05, 3.63) is 6.92 Å². The molecule has 1 atom stereocenters. The van der Waals surface area contributed by atoms with Crippen LogP contribution < -0.4 is 0 Å². The van der Waals surface area contributed by atoms with Crippen LogP contribution in [0, 0.1) is 18.8 Å². The molecule has 0 amide bonds. The lowest BCUT2D eigenvalue weighted by Crippen LogP contribution is -2.07. The first kappa shape index (κ1) is 9.09. The molecule has 0 heteroatoms. The molecule has 0 N–H and O–H groups in total. The van der Waals surface area contributed by atoms with Gasteiger partial charge in [0.15, 0.2) is 0 Å². The molecular formula is C11H21. The van der Waals surface area contributed by atoms with E-state index in [4.69, 9.17) is 0 Å². The molecule has 0 nitrogen and oxygen atoms in total. The van der Waals surface area contributed by atoms with Crippen molar-refractivity contribution in [1.82, 2.24) is 0 Å². The molecule has 0 bridgehead atoms. The summed E-state index contributed by atoms with van der Waals surface area (Å²) in [6, 6.07) is 0. The molecule has 0 aromatic rings. The largest absolute Gasteiger partial charge is 0.0625 e. The Kier molecular flexibility index (Phi) is 3.96. The number of hydrogen-bond donors (Lipinski definition) is 0. The van der Waals surface area contributed by atoms with Crippen molar-refractivity contribution in [2.24, 2.45) is 11.8 Å². The Bertz CT molecular complexity index is 88.2. The summed E-state index contributed by atoms with van der Waals surface area (Å²) < 4.78 is 0. The minimum absolute atomic E-state index is 0.664. The van der Waals surface area contributed by atoms with Gasteiger partial charge in [0.05, 0.1) is 0 Å². The quantitative estimate of drug-likeness (QED) is 0.578. The van der Waals surface area contributed by atoms with Crippen molar-refractivity contribution in [1.29, 1.82) is 0 Å². The summed E-state index contributed by atoms with van der Waals surface area (Å²) >= 11 is 0. The number of hydrogen-bond acceptors (Lipinski definition) is 0. The molecule has 0 aliphatic heterocycles. The Morgan fingerprint density at radius 2 is 1.91 bits per heavy atom. The molecule has 0 aromatic carbocycles. The van der Waals surface area contributed by atoms with Crippen LogP contribution in [0.25, 0.3) is 0 Å². The fourth-order valence-corrected chi connectivity index (χ4v) is 2.00. The van der Waals surface area contributed by atoms with E-state index in [1.54, 1.807) is 0 Å². The van der Waals surface area contributed by atoms with Gasteiger partial charge in [-0.2, -0.15) is 0 Å². The van der Waals surface area contributed by atoms with Crippen LogP contribution in [0.5, 0.6) is 0 Å². The van der Waals surface area contributed by atoms with Crippen molar-refractivity contribution in [3.8, 4) is 0 Å². The van der Waals surface area contributed by atoms with E-state index >= 15 is 0 Å². The maximum Gasteiger partial charge on any atom is -0.0414 e. The highest BCUT2D eigenvalue weighted by molar-refractivity contribution is 4.67. The van der Waals surface area contributed by atoms with Crippen LogP contribution in [0.15, 0.2) is 0 Å². The SMILES string of the molecule is [CH2]C(C)CCC1CCCCC1. The van der Waals surface area contributed by atoms with Gasteiger partial charge in [-0.15, -0.1) is 0 Å². The highest BCUT2D eigenvalue weighted by Crippen LogP contribution is 2.28. The molecule has 1 saturated carbocycles. The van der Waals surface area contributed by atoms with Gasteiger partial charge in [-0.25, -0.2) is 0 Å². The monoisotopic (exact) mass is 153 g/mol. The normalized spacial score (nSPS) is 21.0. The van der Waals surface area contributed by atoms with Gasteiger partial charge in [-0.05, 0) is 11.8 Å². The summed E-state index contributed by atoms with van der Waals surface area (Å²) in [5.74, 6) is 1.71. The van der Waals surface area contributed by atoms with Crippen molar-refractivity contribution < 1.29 is 0 Å². The zero-order valence-electron chi connectivity index (χ0n) is 7.81. The molecule has 1 radical (unpaired) electrons. The predicted molar refractivity (Wildman–Crippen MR) is 50.3 cm³/mol. The van der Waals surface area contributed by atoms with Crippen molar-refractivity contribution in [2.45, 2.75) is 51.9 Å². The molecule has 1 rings (SSSR count). The number of rotatable bonds is 3. The first-order valence-corrected chi connectivity index (χ1v) is 5.12. The second kappa shape index (κ2) is 4.79. The van der Waals surface area contributed by atoms with E-state index in [9.17, 15) is 0 Å². The van der Waals surface area contributed by atoms with Crippen LogP contribution in [0.3, 0.4) is 0 Å². The Morgan fingerprint density at radius 1 is 1.27 bits per heavy atom.